The summed E-state index contributed by atoms with van der Waals surface area (Å²) in [5.41, 5.74) is 0. The summed E-state index contributed by atoms with van der Waals surface area (Å²) in [7, 11) is 3.21. The van der Waals surface area contributed by atoms with Gasteiger partial charge >= 0.3 is 11.9 Å². The molecule has 0 aliphatic rings. The fourth-order valence-corrected chi connectivity index (χ4v) is 1.25. The van der Waals surface area contributed by atoms with Crippen molar-refractivity contribution < 1.29 is 67.7 Å². The van der Waals surface area contributed by atoms with E-state index in [4.69, 9.17) is 38.6 Å². The maximum Gasteiger partial charge on any atom is 0.305 e. The van der Waals surface area contributed by atoms with E-state index in [1.807, 2.05) is 0 Å². The molecule has 27 heavy (non-hydrogen) atoms. The summed E-state index contributed by atoms with van der Waals surface area (Å²) in [6.45, 7) is 4.49. The van der Waals surface area contributed by atoms with Gasteiger partial charge in [-0.05, 0) is 0 Å². The van der Waals surface area contributed by atoms with Crippen LogP contribution in [0.2, 0.25) is 0 Å². The van der Waals surface area contributed by atoms with Crippen LogP contribution in [0.15, 0.2) is 0 Å². The van der Waals surface area contributed by atoms with Crippen LogP contribution in [0.4, 0.5) is 0 Å². The maximum atomic E-state index is 10.0. The third-order valence-corrected chi connectivity index (χ3v) is 2.53. The summed E-state index contributed by atoms with van der Waals surface area (Å²) in [6, 6.07) is 0. The summed E-state index contributed by atoms with van der Waals surface area (Å²) in [5.74, 6) is -1.69. The van der Waals surface area contributed by atoms with Gasteiger partial charge in [0.1, 0.15) is 0 Å². The Kier molecular flexibility index (Phi) is 31.7. The topological polar surface area (TPSA) is 130 Å². The summed E-state index contributed by atoms with van der Waals surface area (Å²) < 4.78 is 29.6. The molecule has 2 N–H and O–H groups in total. The van der Waals surface area contributed by atoms with Gasteiger partial charge in [-0.15, -0.1) is 0 Å². The van der Waals surface area contributed by atoms with E-state index in [0.717, 1.165) is 0 Å². The Morgan fingerprint density at radius 3 is 1.07 bits per heavy atom. The van der Waals surface area contributed by atoms with Crippen LogP contribution in [-0.2, 0) is 57.5 Å². The largest absolute Gasteiger partial charge is 0.481 e. The first kappa shape index (κ1) is 31.0. The number of hydrogen-bond acceptors (Lipinski definition) is 8. The number of carboxylic acid groups (broad SMARTS) is 2. The molecule has 0 heterocycles. The molecule has 0 amide bonds. The van der Waals surface area contributed by atoms with Crippen molar-refractivity contribution in [1.29, 1.82) is 0 Å². The predicted molar refractivity (Wildman–Crippen MR) is 91.5 cm³/mol. The fraction of sp³-hybridized carbons (Fsp3) is 0.875. The van der Waals surface area contributed by atoms with Gasteiger partial charge in [-0.1, -0.05) is 0 Å². The standard InChI is InChI=1S/2C8H16O5.Zn/c2*1-11-4-5-13-7-6-12-3-2-8(9)10;/h2*2-7H2,1H3,(H,9,10);. The van der Waals surface area contributed by atoms with E-state index >= 15 is 0 Å². The molecule has 0 radical (unpaired) electrons. The van der Waals surface area contributed by atoms with Crippen molar-refractivity contribution in [2.75, 3.05) is 80.3 Å². The Labute approximate surface area is 173 Å². The molecule has 11 heteroatoms. The Balaban J connectivity index is -0.000000411. The minimum Gasteiger partial charge on any atom is -0.481 e. The Bertz CT molecular complexity index is 288. The molecule has 0 unspecified atom stereocenters. The minimum atomic E-state index is -0.847. The van der Waals surface area contributed by atoms with Gasteiger partial charge in [0.25, 0.3) is 0 Å². The quantitative estimate of drug-likeness (QED) is 0.222. The summed E-state index contributed by atoms with van der Waals surface area (Å²) in [5, 5.41) is 16.5. The van der Waals surface area contributed by atoms with Crippen molar-refractivity contribution in [3.63, 3.8) is 0 Å². The van der Waals surface area contributed by atoms with E-state index in [2.05, 4.69) is 0 Å². The number of ether oxygens (including phenoxy) is 6. The van der Waals surface area contributed by atoms with Gasteiger partial charge in [0.2, 0.25) is 0 Å². The zero-order chi connectivity index (χ0) is 19.9. The molecule has 0 aliphatic heterocycles. The summed E-state index contributed by atoms with van der Waals surface area (Å²) in [6.07, 6.45) is 0.0795. The van der Waals surface area contributed by atoms with E-state index in [0.29, 0.717) is 52.9 Å². The average Bonchev–Trinajstić information content (AvgIpc) is 2.60. The van der Waals surface area contributed by atoms with Crippen molar-refractivity contribution in [1.82, 2.24) is 0 Å². The number of aliphatic carboxylic acids is 2. The van der Waals surface area contributed by atoms with Crippen molar-refractivity contribution in [3.05, 3.63) is 0 Å². The van der Waals surface area contributed by atoms with Crippen molar-refractivity contribution in [3.8, 4) is 0 Å². The van der Waals surface area contributed by atoms with Crippen LogP contribution in [0, 0.1) is 0 Å². The molecule has 0 aromatic heterocycles. The molecular weight excluding hydrogens is 418 g/mol. The molecule has 0 aromatic carbocycles. The van der Waals surface area contributed by atoms with E-state index in [-0.39, 0.29) is 45.5 Å². The van der Waals surface area contributed by atoms with Gasteiger partial charge in [0.15, 0.2) is 0 Å². The molecule has 0 bridgehead atoms. The van der Waals surface area contributed by atoms with E-state index in [1.54, 1.807) is 14.2 Å². The van der Waals surface area contributed by atoms with E-state index in [1.165, 1.54) is 0 Å². The summed E-state index contributed by atoms with van der Waals surface area (Å²) >= 11 is 0. The van der Waals surface area contributed by atoms with Crippen LogP contribution in [0.5, 0.6) is 0 Å². The Hall–Kier alpha value is -0.677. The average molecular weight is 450 g/mol. The molecule has 158 valence electrons. The third kappa shape index (κ3) is 36.9. The number of carbonyl (C=O) groups is 2. The third-order valence-electron chi connectivity index (χ3n) is 2.53. The summed E-state index contributed by atoms with van der Waals surface area (Å²) in [4.78, 5) is 20.1. The normalized spacial score (nSPS) is 9.85. The molecule has 0 aromatic rings. The molecule has 0 fully saturated rings. The molecule has 0 rings (SSSR count). The van der Waals surface area contributed by atoms with Crippen LogP contribution in [-0.4, -0.2) is 102 Å². The molecule has 10 nitrogen and oxygen atoms in total. The molecular formula is C16H32O10Zn. The molecule has 0 atom stereocenters. The van der Waals surface area contributed by atoms with Crippen molar-refractivity contribution in [2.45, 2.75) is 12.8 Å². The van der Waals surface area contributed by atoms with Gasteiger partial charge < -0.3 is 38.6 Å². The first-order valence-corrected chi connectivity index (χ1v) is 8.27. The van der Waals surface area contributed by atoms with E-state index in [9.17, 15) is 9.59 Å². The van der Waals surface area contributed by atoms with Gasteiger partial charge in [-0.3, -0.25) is 9.59 Å². The maximum absolute atomic E-state index is 10.0. The van der Waals surface area contributed by atoms with E-state index < -0.39 is 11.9 Å². The van der Waals surface area contributed by atoms with Gasteiger partial charge in [0, 0.05) is 33.7 Å². The van der Waals surface area contributed by atoms with Crippen molar-refractivity contribution in [2.24, 2.45) is 0 Å². The second-order valence-corrected chi connectivity index (χ2v) is 4.72. The van der Waals surface area contributed by atoms with Gasteiger partial charge in [-0.25, -0.2) is 0 Å². The van der Waals surface area contributed by atoms with Gasteiger partial charge in [-0.2, -0.15) is 0 Å². The van der Waals surface area contributed by atoms with Crippen molar-refractivity contribution >= 4 is 11.9 Å². The van der Waals surface area contributed by atoms with Gasteiger partial charge in [0.05, 0.1) is 78.9 Å². The fourth-order valence-electron chi connectivity index (χ4n) is 1.25. The molecule has 0 saturated heterocycles. The number of rotatable bonds is 18. The number of hydrogen-bond donors (Lipinski definition) is 2. The van der Waals surface area contributed by atoms with Crippen LogP contribution in [0.1, 0.15) is 12.8 Å². The second kappa shape index (κ2) is 27.5. The minimum absolute atomic E-state index is 0. The van der Waals surface area contributed by atoms with Crippen LogP contribution < -0.4 is 0 Å². The predicted octanol–water partition coefficient (Wildman–Crippen LogP) is 0.279. The Morgan fingerprint density at radius 2 is 0.815 bits per heavy atom. The Morgan fingerprint density at radius 1 is 0.556 bits per heavy atom. The first-order chi connectivity index (χ1) is 12.5. The number of methoxy groups -OCH3 is 2. The number of carboxylic acids is 2. The SMILES string of the molecule is COCCOCCOCCC(=O)O.COCCOCCOCCC(=O)O.[Zn]. The molecule has 0 aliphatic carbocycles. The zero-order valence-electron chi connectivity index (χ0n) is 16.4. The molecule has 0 spiro atoms. The van der Waals surface area contributed by atoms with Crippen LogP contribution in [0.3, 0.4) is 0 Å². The smallest absolute Gasteiger partial charge is 0.305 e. The second-order valence-electron chi connectivity index (χ2n) is 4.72. The molecule has 0 saturated carbocycles. The van der Waals surface area contributed by atoms with Crippen LogP contribution in [0.25, 0.3) is 0 Å². The first-order valence-electron chi connectivity index (χ1n) is 8.27. The van der Waals surface area contributed by atoms with Crippen LogP contribution >= 0.6 is 0 Å². The zero-order valence-corrected chi connectivity index (χ0v) is 19.3. The monoisotopic (exact) mass is 448 g/mol.